The molecule has 0 aromatic heterocycles. The first-order chi connectivity index (χ1) is 8.52. The minimum absolute atomic E-state index is 0.144. The van der Waals surface area contributed by atoms with Crippen molar-refractivity contribution in [3.8, 4) is 0 Å². The second-order valence-electron chi connectivity index (χ2n) is 5.95. The molecule has 0 radical (unpaired) electrons. The number of rotatable bonds is 4. The molecule has 2 rings (SSSR count). The van der Waals surface area contributed by atoms with Crippen LogP contribution in [0.2, 0.25) is 0 Å². The molecule has 0 aromatic rings. The lowest BCUT2D eigenvalue weighted by Gasteiger charge is -2.39. The van der Waals surface area contributed by atoms with Gasteiger partial charge in [0.2, 0.25) is 0 Å². The number of nitrogens with zero attached hydrogens (tertiary/aromatic N) is 1. The lowest BCUT2D eigenvalue weighted by atomic mass is 9.95. The number of ether oxygens (including phenoxy) is 1. The number of carbonyl (C=O) groups excluding carboxylic acids is 2. The van der Waals surface area contributed by atoms with Crippen LogP contribution in [0.25, 0.3) is 0 Å². The van der Waals surface area contributed by atoms with Gasteiger partial charge in [0.1, 0.15) is 11.8 Å². The van der Waals surface area contributed by atoms with Crippen molar-refractivity contribution in [1.29, 1.82) is 0 Å². The molecule has 0 saturated carbocycles. The second kappa shape index (κ2) is 5.39. The topological polar surface area (TPSA) is 46.6 Å². The molecule has 0 aliphatic carbocycles. The van der Waals surface area contributed by atoms with Crippen LogP contribution in [0.5, 0.6) is 0 Å². The summed E-state index contributed by atoms with van der Waals surface area (Å²) in [6.45, 7) is 4.24. The third-order valence-electron chi connectivity index (χ3n) is 4.13. The van der Waals surface area contributed by atoms with Crippen molar-refractivity contribution in [3.05, 3.63) is 0 Å². The molecule has 0 amide bonds. The van der Waals surface area contributed by atoms with Crippen molar-refractivity contribution in [2.45, 2.75) is 64.1 Å². The predicted molar refractivity (Wildman–Crippen MR) is 68.1 cm³/mol. The summed E-state index contributed by atoms with van der Waals surface area (Å²) in [5.74, 6) is 0.660. The smallest absolute Gasteiger partial charge is 0.323 e. The Bertz CT molecular complexity index is 324. The Kier molecular flexibility index (Phi) is 4.05. The Morgan fingerprint density at radius 3 is 2.33 bits per heavy atom. The molecule has 4 heteroatoms. The summed E-state index contributed by atoms with van der Waals surface area (Å²) in [6.07, 6.45) is 4.13. The molecule has 0 aromatic carbocycles. The Morgan fingerprint density at radius 1 is 1.33 bits per heavy atom. The number of methoxy groups -OCH3 is 1. The molecule has 0 N–H and O–H groups in total. The molecular weight excluding hydrogens is 230 g/mol. The van der Waals surface area contributed by atoms with Crippen molar-refractivity contribution in [2.24, 2.45) is 5.92 Å². The highest BCUT2D eigenvalue weighted by Crippen LogP contribution is 2.37. The van der Waals surface area contributed by atoms with Crippen molar-refractivity contribution in [3.63, 3.8) is 0 Å². The van der Waals surface area contributed by atoms with Gasteiger partial charge in [-0.15, -0.1) is 0 Å². The van der Waals surface area contributed by atoms with E-state index in [9.17, 15) is 9.59 Å². The van der Waals surface area contributed by atoms with Crippen molar-refractivity contribution in [2.75, 3.05) is 7.11 Å². The minimum Gasteiger partial charge on any atom is -0.468 e. The van der Waals surface area contributed by atoms with Gasteiger partial charge in [0.15, 0.2) is 0 Å². The maximum atomic E-state index is 12.0. The fourth-order valence-electron chi connectivity index (χ4n) is 3.44. The number of esters is 1. The molecular formula is C14H23NO3. The van der Waals surface area contributed by atoms with Gasteiger partial charge < -0.3 is 4.74 Å². The Morgan fingerprint density at radius 2 is 1.89 bits per heavy atom. The van der Waals surface area contributed by atoms with E-state index in [4.69, 9.17) is 4.74 Å². The number of piperidine rings is 1. The first-order valence-corrected chi connectivity index (χ1v) is 6.90. The van der Waals surface area contributed by atoms with E-state index in [0.717, 1.165) is 19.3 Å². The molecule has 4 nitrogen and oxygen atoms in total. The number of ketones is 1. The van der Waals surface area contributed by atoms with Crippen LogP contribution < -0.4 is 0 Å². The zero-order chi connectivity index (χ0) is 13.3. The summed E-state index contributed by atoms with van der Waals surface area (Å²) in [5, 5.41) is 0. The lowest BCUT2D eigenvalue weighted by molar-refractivity contribution is -0.151. The molecule has 18 heavy (non-hydrogen) atoms. The minimum atomic E-state index is -0.166. The van der Waals surface area contributed by atoms with Gasteiger partial charge in [0.05, 0.1) is 7.11 Å². The molecule has 2 saturated heterocycles. The van der Waals surface area contributed by atoms with Crippen LogP contribution in [0.15, 0.2) is 0 Å². The molecule has 2 aliphatic heterocycles. The van der Waals surface area contributed by atoms with Gasteiger partial charge in [0, 0.05) is 24.9 Å². The SMILES string of the molecule is COC(=O)C(CC(C)C)N1C2CCC1CC(=O)C2. The molecule has 102 valence electrons. The molecule has 2 heterocycles. The van der Waals surface area contributed by atoms with Crippen molar-refractivity contribution in [1.82, 2.24) is 4.90 Å². The highest BCUT2D eigenvalue weighted by molar-refractivity contribution is 5.82. The molecule has 2 bridgehead atoms. The Hall–Kier alpha value is -0.900. The van der Waals surface area contributed by atoms with Crippen molar-refractivity contribution < 1.29 is 14.3 Å². The number of Topliss-reactive ketones (excluding diaryl/α,β-unsaturated/α-hetero) is 1. The second-order valence-corrected chi connectivity index (χ2v) is 5.95. The fraction of sp³-hybridized carbons (Fsp3) is 0.857. The Balaban J connectivity index is 2.15. The molecule has 2 aliphatic rings. The number of hydrogen-bond acceptors (Lipinski definition) is 4. The molecule has 0 spiro atoms. The maximum Gasteiger partial charge on any atom is 0.323 e. The van der Waals surface area contributed by atoms with Crippen molar-refractivity contribution >= 4 is 11.8 Å². The van der Waals surface area contributed by atoms with E-state index in [1.807, 2.05) is 0 Å². The van der Waals surface area contributed by atoms with Crippen LogP contribution >= 0.6 is 0 Å². The van der Waals surface area contributed by atoms with E-state index in [2.05, 4.69) is 18.7 Å². The average Bonchev–Trinajstić information content (AvgIpc) is 2.57. The summed E-state index contributed by atoms with van der Waals surface area (Å²) in [4.78, 5) is 25.9. The first-order valence-electron chi connectivity index (χ1n) is 6.90. The quantitative estimate of drug-likeness (QED) is 0.716. The largest absolute Gasteiger partial charge is 0.468 e. The summed E-state index contributed by atoms with van der Waals surface area (Å²) in [7, 11) is 1.45. The van der Waals surface area contributed by atoms with E-state index in [1.165, 1.54) is 7.11 Å². The summed E-state index contributed by atoms with van der Waals surface area (Å²) >= 11 is 0. The third kappa shape index (κ3) is 2.58. The Labute approximate surface area is 109 Å². The van der Waals surface area contributed by atoms with Crippen LogP contribution in [0.1, 0.15) is 46.0 Å². The highest BCUT2D eigenvalue weighted by atomic mass is 16.5. The van der Waals surface area contributed by atoms with Gasteiger partial charge in [-0.05, 0) is 25.2 Å². The van der Waals surface area contributed by atoms with Gasteiger partial charge >= 0.3 is 5.97 Å². The molecule has 3 atom stereocenters. The predicted octanol–water partition coefficient (Wildman–Crippen LogP) is 1.77. The van der Waals surface area contributed by atoms with Crippen LogP contribution in [0.3, 0.4) is 0 Å². The molecule has 3 unspecified atom stereocenters. The zero-order valence-electron chi connectivity index (χ0n) is 11.5. The van der Waals surface area contributed by atoms with Gasteiger partial charge in [-0.3, -0.25) is 14.5 Å². The van der Waals surface area contributed by atoms with Gasteiger partial charge in [-0.1, -0.05) is 13.8 Å². The number of fused-ring (bicyclic) bond motifs is 2. The van der Waals surface area contributed by atoms with E-state index in [1.54, 1.807) is 0 Å². The summed E-state index contributed by atoms with van der Waals surface area (Å²) in [6, 6.07) is 0.360. The zero-order valence-corrected chi connectivity index (χ0v) is 11.5. The van der Waals surface area contributed by atoms with E-state index >= 15 is 0 Å². The lowest BCUT2D eigenvalue weighted by Crippen LogP contribution is -2.52. The van der Waals surface area contributed by atoms with Gasteiger partial charge in [-0.25, -0.2) is 0 Å². The van der Waals surface area contributed by atoms with Crippen LogP contribution in [-0.2, 0) is 14.3 Å². The normalized spacial score (nSPS) is 29.7. The standard InChI is InChI=1S/C14H23NO3/c1-9(2)6-13(14(17)18-3)15-10-4-5-11(15)8-12(16)7-10/h9-11,13H,4-8H2,1-3H3. The van der Waals surface area contributed by atoms with Crippen LogP contribution in [0, 0.1) is 5.92 Å². The van der Waals surface area contributed by atoms with E-state index in [-0.39, 0.29) is 24.1 Å². The van der Waals surface area contributed by atoms with Gasteiger partial charge in [0.25, 0.3) is 0 Å². The van der Waals surface area contributed by atoms with Crippen LogP contribution in [0.4, 0.5) is 0 Å². The maximum absolute atomic E-state index is 12.0. The fourth-order valence-corrected chi connectivity index (χ4v) is 3.44. The summed E-state index contributed by atoms with van der Waals surface area (Å²) < 4.78 is 4.95. The number of hydrogen-bond donors (Lipinski definition) is 0. The van der Waals surface area contributed by atoms with E-state index < -0.39 is 0 Å². The molecule has 2 fully saturated rings. The monoisotopic (exact) mass is 253 g/mol. The van der Waals surface area contributed by atoms with Gasteiger partial charge in [-0.2, -0.15) is 0 Å². The van der Waals surface area contributed by atoms with Crippen LogP contribution in [-0.4, -0.2) is 41.9 Å². The number of carbonyl (C=O) groups is 2. The third-order valence-corrected chi connectivity index (χ3v) is 4.13. The average molecular weight is 253 g/mol. The van der Waals surface area contributed by atoms with E-state index in [0.29, 0.717) is 24.5 Å². The summed E-state index contributed by atoms with van der Waals surface area (Å²) in [5.41, 5.74) is 0. The highest BCUT2D eigenvalue weighted by Gasteiger charge is 2.45. The first kappa shape index (κ1) is 13.5.